The number of rotatable bonds is 4. The Hall–Kier alpha value is -1.33. The molecule has 0 amide bonds. The van der Waals surface area contributed by atoms with Gasteiger partial charge in [0.25, 0.3) is 0 Å². The number of benzene rings is 1. The average Bonchev–Trinajstić information content (AvgIpc) is 2.73. The molecule has 1 heterocycles. The molecule has 0 spiro atoms. The third-order valence-corrected chi connectivity index (χ3v) is 4.50. The molecule has 0 aliphatic heterocycles. The molecule has 0 radical (unpaired) electrons. The number of thiophene rings is 1. The van der Waals surface area contributed by atoms with E-state index in [4.69, 9.17) is 5.73 Å². The molecule has 1 aromatic carbocycles. The molecule has 3 nitrogen and oxygen atoms in total. The summed E-state index contributed by atoms with van der Waals surface area (Å²) in [5, 5.41) is 5.32. The van der Waals surface area contributed by atoms with E-state index in [1.807, 2.05) is 17.5 Å². The van der Waals surface area contributed by atoms with Crippen molar-refractivity contribution in [1.29, 1.82) is 0 Å². The van der Waals surface area contributed by atoms with E-state index in [9.17, 15) is 4.79 Å². The standard InChI is InChI=1S/C13H13BrN2OS/c1-8(17)10-6-9(2-3-12(10)15)16-7-13-11(14)4-5-18-13/h2-6,16H,7,15H2,1H3. The molecule has 94 valence electrons. The molecule has 0 atom stereocenters. The van der Waals surface area contributed by atoms with E-state index in [-0.39, 0.29) is 5.78 Å². The van der Waals surface area contributed by atoms with E-state index in [1.165, 1.54) is 11.8 Å². The van der Waals surface area contributed by atoms with Crippen LogP contribution >= 0.6 is 27.3 Å². The minimum atomic E-state index is -0.0199. The highest BCUT2D eigenvalue weighted by molar-refractivity contribution is 9.10. The summed E-state index contributed by atoms with van der Waals surface area (Å²) < 4.78 is 1.10. The lowest BCUT2D eigenvalue weighted by molar-refractivity contribution is 0.101. The number of halogens is 1. The molecule has 5 heteroatoms. The topological polar surface area (TPSA) is 55.1 Å². The number of carbonyl (C=O) groups excluding carboxylic acids is 1. The highest BCUT2D eigenvalue weighted by Gasteiger charge is 2.06. The summed E-state index contributed by atoms with van der Waals surface area (Å²) in [4.78, 5) is 12.6. The first kappa shape index (κ1) is 13.1. The van der Waals surface area contributed by atoms with Crippen molar-refractivity contribution in [3.8, 4) is 0 Å². The number of carbonyl (C=O) groups is 1. The largest absolute Gasteiger partial charge is 0.398 e. The molecule has 0 fully saturated rings. The average molecular weight is 325 g/mol. The van der Waals surface area contributed by atoms with Crippen molar-refractivity contribution in [3.63, 3.8) is 0 Å². The lowest BCUT2D eigenvalue weighted by atomic mass is 10.1. The molecule has 0 unspecified atom stereocenters. The van der Waals surface area contributed by atoms with Gasteiger partial charge in [0, 0.05) is 26.3 Å². The number of anilines is 2. The summed E-state index contributed by atoms with van der Waals surface area (Å²) in [5.41, 5.74) is 7.73. The van der Waals surface area contributed by atoms with E-state index >= 15 is 0 Å². The Balaban J connectivity index is 2.13. The van der Waals surface area contributed by atoms with Gasteiger partial charge < -0.3 is 11.1 Å². The maximum atomic E-state index is 11.4. The molecular weight excluding hydrogens is 312 g/mol. The summed E-state index contributed by atoms with van der Waals surface area (Å²) in [6, 6.07) is 7.44. The fourth-order valence-electron chi connectivity index (χ4n) is 1.60. The Morgan fingerprint density at radius 3 is 2.83 bits per heavy atom. The zero-order chi connectivity index (χ0) is 13.1. The predicted octanol–water partition coefficient (Wildman–Crippen LogP) is 3.91. The number of hydrogen-bond donors (Lipinski definition) is 2. The number of Topliss-reactive ketones (excluding diaryl/α,β-unsaturated/α-hetero) is 1. The predicted molar refractivity (Wildman–Crippen MR) is 80.2 cm³/mol. The zero-order valence-electron chi connectivity index (χ0n) is 9.87. The van der Waals surface area contributed by atoms with E-state index in [0.29, 0.717) is 11.3 Å². The van der Waals surface area contributed by atoms with Gasteiger partial charge in [0.15, 0.2) is 5.78 Å². The third kappa shape index (κ3) is 2.91. The number of hydrogen-bond acceptors (Lipinski definition) is 4. The number of nitrogen functional groups attached to an aromatic ring is 1. The Bertz CT molecular complexity index is 580. The van der Waals surface area contributed by atoms with Crippen LogP contribution in [0.1, 0.15) is 22.2 Å². The van der Waals surface area contributed by atoms with Crippen LogP contribution in [0.5, 0.6) is 0 Å². The quantitative estimate of drug-likeness (QED) is 0.662. The van der Waals surface area contributed by atoms with Crippen molar-refractivity contribution in [2.24, 2.45) is 0 Å². The van der Waals surface area contributed by atoms with Crippen molar-refractivity contribution in [1.82, 2.24) is 0 Å². The molecule has 18 heavy (non-hydrogen) atoms. The van der Waals surface area contributed by atoms with Gasteiger partial charge in [0.05, 0.1) is 6.54 Å². The van der Waals surface area contributed by atoms with Crippen LogP contribution in [0.2, 0.25) is 0 Å². The smallest absolute Gasteiger partial charge is 0.161 e. The van der Waals surface area contributed by atoms with Gasteiger partial charge in [-0.1, -0.05) is 0 Å². The van der Waals surface area contributed by atoms with Crippen LogP contribution in [0.15, 0.2) is 34.1 Å². The first-order valence-corrected chi connectivity index (χ1v) is 7.11. The van der Waals surface area contributed by atoms with Crippen LogP contribution in [-0.2, 0) is 6.54 Å². The normalized spacial score (nSPS) is 10.3. The van der Waals surface area contributed by atoms with Gasteiger partial charge in [-0.15, -0.1) is 11.3 Å². The van der Waals surface area contributed by atoms with Crippen molar-refractivity contribution >= 4 is 44.4 Å². The number of nitrogens with two attached hydrogens (primary N) is 1. The minimum absolute atomic E-state index is 0.0199. The summed E-state index contributed by atoms with van der Waals surface area (Å²) in [6.07, 6.45) is 0. The fraction of sp³-hybridized carbons (Fsp3) is 0.154. The second kappa shape index (κ2) is 5.54. The fourth-order valence-corrected chi connectivity index (χ4v) is 3.04. The number of nitrogens with one attached hydrogen (secondary N) is 1. The molecule has 1 aromatic heterocycles. The van der Waals surface area contributed by atoms with Crippen LogP contribution in [0.25, 0.3) is 0 Å². The van der Waals surface area contributed by atoms with Gasteiger partial charge in [-0.3, -0.25) is 4.79 Å². The van der Waals surface area contributed by atoms with Crippen LogP contribution in [0.3, 0.4) is 0 Å². The first-order chi connectivity index (χ1) is 8.58. The maximum absolute atomic E-state index is 11.4. The Kier molecular flexibility index (Phi) is 4.04. The molecule has 0 bridgehead atoms. The van der Waals surface area contributed by atoms with Crippen LogP contribution < -0.4 is 11.1 Å². The zero-order valence-corrected chi connectivity index (χ0v) is 12.3. The molecule has 2 aromatic rings. The molecule has 3 N–H and O–H groups in total. The minimum Gasteiger partial charge on any atom is -0.398 e. The van der Waals surface area contributed by atoms with E-state index in [2.05, 4.69) is 21.2 Å². The Labute approximate surface area is 118 Å². The highest BCUT2D eigenvalue weighted by Crippen LogP contribution is 2.24. The van der Waals surface area contributed by atoms with Crippen molar-refractivity contribution < 1.29 is 4.79 Å². The molecule has 2 rings (SSSR count). The molecule has 0 saturated heterocycles. The van der Waals surface area contributed by atoms with Gasteiger partial charge in [-0.2, -0.15) is 0 Å². The van der Waals surface area contributed by atoms with Crippen molar-refractivity contribution in [3.05, 3.63) is 44.6 Å². The summed E-state index contributed by atoms with van der Waals surface area (Å²) in [5.74, 6) is -0.0199. The molecule has 0 aliphatic rings. The second-order valence-electron chi connectivity index (χ2n) is 3.90. The first-order valence-electron chi connectivity index (χ1n) is 5.44. The van der Waals surface area contributed by atoms with Crippen LogP contribution in [0, 0.1) is 0 Å². The lowest BCUT2D eigenvalue weighted by Crippen LogP contribution is -2.03. The van der Waals surface area contributed by atoms with Gasteiger partial charge in [-0.25, -0.2) is 0 Å². The summed E-state index contributed by atoms with van der Waals surface area (Å²) in [6.45, 7) is 2.24. The monoisotopic (exact) mass is 324 g/mol. The molecule has 0 aliphatic carbocycles. The van der Waals surface area contributed by atoms with Crippen molar-refractivity contribution in [2.45, 2.75) is 13.5 Å². The molecular formula is C13H13BrN2OS. The van der Waals surface area contributed by atoms with Gasteiger partial charge in [0.2, 0.25) is 0 Å². The van der Waals surface area contributed by atoms with Gasteiger partial charge in [-0.05, 0) is 52.5 Å². The maximum Gasteiger partial charge on any atom is 0.161 e. The van der Waals surface area contributed by atoms with E-state index < -0.39 is 0 Å². The summed E-state index contributed by atoms with van der Waals surface area (Å²) >= 11 is 5.17. The summed E-state index contributed by atoms with van der Waals surface area (Å²) in [7, 11) is 0. The van der Waals surface area contributed by atoms with Crippen LogP contribution in [0.4, 0.5) is 11.4 Å². The third-order valence-electron chi connectivity index (χ3n) is 2.58. The Morgan fingerprint density at radius 1 is 1.44 bits per heavy atom. The van der Waals surface area contributed by atoms with Crippen LogP contribution in [-0.4, -0.2) is 5.78 Å². The highest BCUT2D eigenvalue weighted by atomic mass is 79.9. The van der Waals surface area contributed by atoms with Crippen molar-refractivity contribution in [2.75, 3.05) is 11.1 Å². The van der Waals surface area contributed by atoms with Gasteiger partial charge >= 0.3 is 0 Å². The lowest BCUT2D eigenvalue weighted by Gasteiger charge is -2.08. The Morgan fingerprint density at radius 2 is 2.22 bits per heavy atom. The van der Waals surface area contributed by atoms with E-state index in [1.54, 1.807) is 23.5 Å². The van der Waals surface area contributed by atoms with Gasteiger partial charge in [0.1, 0.15) is 0 Å². The number of ketones is 1. The molecule has 0 saturated carbocycles. The second-order valence-corrected chi connectivity index (χ2v) is 5.76. The SMILES string of the molecule is CC(=O)c1cc(NCc2sccc2Br)ccc1N. The van der Waals surface area contributed by atoms with E-state index in [0.717, 1.165) is 16.7 Å².